The smallest absolute Gasteiger partial charge is 1.00 e. The second kappa shape index (κ2) is 8.67. The Labute approximate surface area is 203 Å². The van der Waals surface area contributed by atoms with Gasteiger partial charge in [-0.25, -0.2) is 0 Å². The predicted octanol–water partition coefficient (Wildman–Crippen LogP) is 0.0418. The van der Waals surface area contributed by atoms with Gasteiger partial charge in [0, 0.05) is 0 Å². The summed E-state index contributed by atoms with van der Waals surface area (Å²) in [4.78, 5) is 4.71. The van der Waals surface area contributed by atoms with Gasteiger partial charge in [-0.3, -0.25) is 0 Å². The van der Waals surface area contributed by atoms with E-state index < -0.39 is 7.38 Å². The molecule has 1 unspecified atom stereocenters. The molecule has 0 saturated carbocycles. The molecule has 1 nitrogen and oxygen atoms in total. The topological polar surface area (TPSA) is 12.9 Å². The molecule has 0 spiro atoms. The fourth-order valence-corrected chi connectivity index (χ4v) is 6.19. The van der Waals surface area contributed by atoms with E-state index in [1.807, 2.05) is 12.3 Å². The number of fused-ring (bicyclic) bond motifs is 4. The van der Waals surface area contributed by atoms with Gasteiger partial charge in [0.1, 0.15) is 0 Å². The van der Waals surface area contributed by atoms with Crippen LogP contribution in [0.5, 0.6) is 0 Å². The zero-order valence-corrected chi connectivity index (χ0v) is 21.0. The molecule has 0 N–H and O–H groups in total. The minimum Gasteiger partial charge on any atom is -1.00 e. The van der Waals surface area contributed by atoms with Crippen LogP contribution in [0.1, 0.15) is 17.0 Å². The van der Waals surface area contributed by atoms with Gasteiger partial charge in [-0.05, 0) is 0 Å². The summed E-state index contributed by atoms with van der Waals surface area (Å²) >= 11 is 10.3. The molecule has 0 amide bonds. The van der Waals surface area contributed by atoms with Crippen molar-refractivity contribution in [3.05, 3.63) is 89.7 Å². The molecule has 0 saturated heterocycles. The summed E-state index contributed by atoms with van der Waals surface area (Å²) in [6.07, 6.45) is 10.7. The molecule has 0 fully saturated rings. The summed E-state index contributed by atoms with van der Waals surface area (Å²) in [5, 5.41) is 2.43. The first-order chi connectivity index (χ1) is 13.4. The van der Waals surface area contributed by atoms with Crippen molar-refractivity contribution in [2.75, 3.05) is 0 Å². The molecule has 2 aliphatic carbocycles. The number of pyridine rings is 1. The van der Waals surface area contributed by atoms with Crippen LogP contribution in [0.3, 0.4) is 0 Å². The Kier molecular flexibility index (Phi) is 6.75. The molecule has 0 radical (unpaired) electrons. The van der Waals surface area contributed by atoms with Gasteiger partial charge < -0.3 is 24.8 Å². The quantitative estimate of drug-likeness (QED) is 0.353. The summed E-state index contributed by atoms with van der Waals surface area (Å²) in [7, 11) is -2.01. The van der Waals surface area contributed by atoms with Crippen molar-refractivity contribution in [2.45, 2.75) is 19.0 Å². The van der Waals surface area contributed by atoms with Crippen molar-refractivity contribution < 1.29 is 41.1 Å². The number of aromatic nitrogens is 1. The first-order valence-corrected chi connectivity index (χ1v) is 14.1. The second-order valence-corrected chi connectivity index (χ2v) is 14.8. The Morgan fingerprint density at radius 1 is 1.00 bits per heavy atom. The van der Waals surface area contributed by atoms with E-state index in [0.29, 0.717) is 5.92 Å². The maximum atomic E-state index is 6.92. The average molecular weight is 508 g/mol. The molecule has 6 heteroatoms. The zero-order chi connectivity index (χ0) is 19.5. The fraction of sp³-hybridized carbons (Fsp3) is 0.125. The van der Waals surface area contributed by atoms with Crippen molar-refractivity contribution in [1.29, 1.82) is 0 Å². The van der Waals surface area contributed by atoms with Gasteiger partial charge >= 0.3 is 180 Å². The van der Waals surface area contributed by atoms with Crippen molar-refractivity contribution in [1.82, 2.24) is 4.98 Å². The van der Waals surface area contributed by atoms with Gasteiger partial charge in [-0.1, -0.05) is 0 Å². The number of benzene rings is 2. The van der Waals surface area contributed by atoms with Crippen LogP contribution in [0.15, 0.2) is 78.5 Å². The maximum absolute atomic E-state index is 6.92. The normalized spacial score (nSPS) is 16.7. The molecule has 1 aromatic heterocycles. The van der Waals surface area contributed by atoms with Crippen LogP contribution in [0, 0.1) is 0 Å². The van der Waals surface area contributed by atoms with Crippen molar-refractivity contribution in [3.63, 3.8) is 0 Å². The van der Waals surface area contributed by atoms with Gasteiger partial charge in [0.25, 0.3) is 0 Å². The third-order valence-corrected chi connectivity index (χ3v) is 8.63. The molecule has 2 aliphatic rings. The van der Waals surface area contributed by atoms with E-state index in [1.54, 1.807) is 0 Å². The first kappa shape index (κ1) is 23.4. The minimum absolute atomic E-state index is 0. The van der Waals surface area contributed by atoms with Gasteiger partial charge in [-0.15, -0.1) is 0 Å². The SMILES string of the molecule is C[Si](C)(Cl)c1cc(-c2cccc3cccnc23)c2c(c1)C1C=CC=CC1=[C]2[Cr+2].[Cl-].[Cl-]. The molecule has 0 aliphatic heterocycles. The Balaban J connectivity index is 0.00000128. The summed E-state index contributed by atoms with van der Waals surface area (Å²) in [6, 6.07) is 15.2. The molecule has 30 heavy (non-hydrogen) atoms. The van der Waals surface area contributed by atoms with E-state index in [9.17, 15) is 0 Å². The molecule has 0 bridgehead atoms. The summed E-state index contributed by atoms with van der Waals surface area (Å²) in [5.41, 5.74) is 7.44. The van der Waals surface area contributed by atoms with E-state index in [2.05, 4.69) is 90.1 Å². The number of nitrogens with zero attached hydrogens (tertiary/aromatic N) is 1. The van der Waals surface area contributed by atoms with Crippen LogP contribution in [-0.4, -0.2) is 12.4 Å². The van der Waals surface area contributed by atoms with Crippen LogP contribution in [0.4, 0.5) is 0 Å². The molecular weight excluding hydrogens is 489 g/mol. The van der Waals surface area contributed by atoms with Gasteiger partial charge in [0.2, 0.25) is 0 Å². The van der Waals surface area contributed by atoms with E-state index in [-0.39, 0.29) is 24.8 Å². The van der Waals surface area contributed by atoms with E-state index in [0.717, 1.165) is 10.9 Å². The Hall–Kier alpha value is -1.31. The largest absolute Gasteiger partial charge is 1.00 e. The third kappa shape index (κ3) is 3.73. The van der Waals surface area contributed by atoms with Crippen LogP contribution >= 0.6 is 11.1 Å². The summed E-state index contributed by atoms with van der Waals surface area (Å²) in [6.45, 7) is 4.39. The summed E-state index contributed by atoms with van der Waals surface area (Å²) < 4.78 is 1.24. The monoisotopic (exact) mass is 506 g/mol. The first-order valence-electron chi connectivity index (χ1n) is 9.43. The van der Waals surface area contributed by atoms with E-state index in [4.69, 9.17) is 16.1 Å². The summed E-state index contributed by atoms with van der Waals surface area (Å²) in [5.74, 6) is 0.297. The van der Waals surface area contributed by atoms with Crippen LogP contribution in [0.25, 0.3) is 26.5 Å². The molecule has 3 aromatic rings. The molecule has 1 heterocycles. The standard InChI is InChI=1S/C24H19ClNSi.2ClH.Cr/c1-27(2,25)18-14-22-19-10-4-3-7-17(19)13-21(22)23(15-18)20-11-5-8-16-9-6-12-26-24(16)20;;;/h3-12,14-15,19H,1-2H3;2*1H;/q;;;+2/p-2. The third-order valence-electron chi connectivity index (χ3n) is 5.63. The van der Waals surface area contributed by atoms with Crippen molar-refractivity contribution in [3.8, 4) is 11.1 Å². The number of rotatable bonds is 2. The van der Waals surface area contributed by atoms with Crippen LogP contribution < -0.4 is 30.0 Å². The number of para-hydroxylation sites is 1. The molecule has 2 aromatic carbocycles. The molecule has 5 rings (SSSR count). The van der Waals surface area contributed by atoms with Crippen LogP contribution in [-0.2, 0) is 16.3 Å². The van der Waals surface area contributed by atoms with Crippen LogP contribution in [0.2, 0.25) is 13.1 Å². The van der Waals surface area contributed by atoms with Crippen molar-refractivity contribution in [2.24, 2.45) is 0 Å². The van der Waals surface area contributed by atoms with E-state index >= 15 is 0 Å². The molecular formula is C24H19Cl3CrNSi. The Bertz CT molecular complexity index is 1220. The fourth-order valence-electron chi connectivity index (χ4n) is 4.21. The zero-order valence-electron chi connectivity index (χ0n) is 16.5. The molecule has 151 valence electrons. The number of halogens is 3. The Morgan fingerprint density at radius 2 is 1.77 bits per heavy atom. The van der Waals surface area contributed by atoms with Gasteiger partial charge in [0.05, 0.1) is 0 Å². The maximum Gasteiger partial charge on any atom is -1.00 e. The number of hydrogen-bond acceptors (Lipinski definition) is 1. The van der Waals surface area contributed by atoms with Crippen molar-refractivity contribution >= 4 is 39.0 Å². The number of allylic oxidation sites excluding steroid dienone is 5. The van der Waals surface area contributed by atoms with Gasteiger partial charge in [0.15, 0.2) is 0 Å². The second-order valence-electron chi connectivity index (χ2n) is 7.85. The van der Waals surface area contributed by atoms with Gasteiger partial charge in [-0.2, -0.15) is 0 Å². The molecule has 1 atom stereocenters. The van der Waals surface area contributed by atoms with E-state index in [1.165, 1.54) is 37.4 Å². The average Bonchev–Trinajstić information content (AvgIpc) is 2.99. The minimum atomic E-state index is -2.01. The predicted molar refractivity (Wildman–Crippen MR) is 118 cm³/mol. The number of hydrogen-bond donors (Lipinski definition) is 0. The Morgan fingerprint density at radius 3 is 2.53 bits per heavy atom.